The molecule has 0 saturated carbocycles. The van der Waals surface area contributed by atoms with E-state index in [-0.39, 0.29) is 11.1 Å². The second-order valence-corrected chi connectivity index (χ2v) is 7.89. The lowest BCUT2D eigenvalue weighted by Crippen LogP contribution is -2.21. The second kappa shape index (κ2) is 9.16. The predicted octanol–water partition coefficient (Wildman–Crippen LogP) is 4.40. The smallest absolute Gasteiger partial charge is 0.341 e. The minimum Gasteiger partial charge on any atom is -0.465 e. The number of aryl methyl sites for hydroxylation is 1. The molecule has 148 valence electrons. The number of rotatable bonds is 4. The number of anilines is 2. The highest BCUT2D eigenvalue weighted by Crippen LogP contribution is 2.38. The van der Waals surface area contributed by atoms with Gasteiger partial charge in [0.05, 0.1) is 31.0 Å². The average Bonchev–Trinajstić information content (AvgIpc) is 2.87. The molecule has 6 nitrogen and oxygen atoms in total. The number of thiocarbonyl (C=S) groups is 1. The summed E-state index contributed by atoms with van der Waals surface area (Å²) in [5.74, 6) is -0.816. The Morgan fingerprint density at radius 1 is 1.00 bits per heavy atom. The zero-order chi connectivity index (χ0) is 20.1. The molecule has 1 heterocycles. The fourth-order valence-corrected chi connectivity index (χ4v) is 4.84. The number of carbonyl (C=O) groups is 2. The van der Waals surface area contributed by atoms with Gasteiger partial charge in [0.25, 0.3) is 0 Å². The van der Waals surface area contributed by atoms with Crippen molar-refractivity contribution in [2.45, 2.75) is 32.1 Å². The predicted molar refractivity (Wildman–Crippen MR) is 115 cm³/mol. The SMILES string of the molecule is COC(=O)c1ccccc1NC(=S)Nc1sc2c(c1C(=O)OC)CCCCC2. The Balaban J connectivity index is 1.85. The van der Waals surface area contributed by atoms with Gasteiger partial charge in [0, 0.05) is 4.88 Å². The largest absolute Gasteiger partial charge is 0.465 e. The van der Waals surface area contributed by atoms with Crippen LogP contribution in [0.2, 0.25) is 0 Å². The number of carbonyl (C=O) groups excluding carboxylic acids is 2. The second-order valence-electron chi connectivity index (χ2n) is 6.38. The maximum absolute atomic E-state index is 12.4. The summed E-state index contributed by atoms with van der Waals surface area (Å²) in [6, 6.07) is 6.94. The van der Waals surface area contributed by atoms with Crippen molar-refractivity contribution in [1.82, 2.24) is 0 Å². The lowest BCUT2D eigenvalue weighted by Gasteiger charge is -2.13. The van der Waals surface area contributed by atoms with Crippen molar-refractivity contribution in [2.75, 3.05) is 24.9 Å². The maximum atomic E-state index is 12.4. The summed E-state index contributed by atoms with van der Waals surface area (Å²) in [6.45, 7) is 0. The van der Waals surface area contributed by atoms with Crippen molar-refractivity contribution >= 4 is 51.3 Å². The zero-order valence-corrected chi connectivity index (χ0v) is 17.4. The van der Waals surface area contributed by atoms with E-state index in [2.05, 4.69) is 10.6 Å². The first kappa shape index (κ1) is 20.3. The van der Waals surface area contributed by atoms with E-state index in [9.17, 15) is 9.59 Å². The molecule has 2 N–H and O–H groups in total. The summed E-state index contributed by atoms with van der Waals surface area (Å²) in [4.78, 5) is 25.6. The molecule has 1 aliphatic carbocycles. The van der Waals surface area contributed by atoms with Crippen LogP contribution >= 0.6 is 23.6 Å². The number of hydrogen-bond donors (Lipinski definition) is 2. The van der Waals surface area contributed by atoms with Gasteiger partial charge >= 0.3 is 11.9 Å². The Labute approximate surface area is 173 Å². The van der Waals surface area contributed by atoms with Gasteiger partial charge in [0.1, 0.15) is 5.00 Å². The molecule has 0 amide bonds. The number of esters is 2. The third-order valence-corrected chi connectivity index (χ3v) is 6.03. The Hall–Kier alpha value is -2.45. The van der Waals surface area contributed by atoms with E-state index in [1.807, 2.05) is 0 Å². The summed E-state index contributed by atoms with van der Waals surface area (Å²) in [5.41, 5.74) is 2.54. The van der Waals surface area contributed by atoms with Crippen molar-refractivity contribution < 1.29 is 19.1 Å². The van der Waals surface area contributed by atoms with Crippen molar-refractivity contribution in [1.29, 1.82) is 0 Å². The van der Waals surface area contributed by atoms with Crippen LogP contribution in [0.1, 0.15) is 50.4 Å². The van der Waals surface area contributed by atoms with E-state index in [1.54, 1.807) is 35.6 Å². The van der Waals surface area contributed by atoms with Gasteiger partial charge in [0.2, 0.25) is 0 Å². The first-order chi connectivity index (χ1) is 13.5. The molecule has 1 aromatic heterocycles. The fraction of sp³-hybridized carbons (Fsp3) is 0.350. The number of methoxy groups -OCH3 is 2. The van der Waals surface area contributed by atoms with Gasteiger partial charge in [-0.25, -0.2) is 9.59 Å². The molecule has 0 spiro atoms. The van der Waals surface area contributed by atoms with Crippen LogP contribution < -0.4 is 10.6 Å². The van der Waals surface area contributed by atoms with Crippen LogP contribution in [-0.4, -0.2) is 31.3 Å². The number of nitrogens with one attached hydrogen (secondary N) is 2. The Morgan fingerprint density at radius 2 is 1.71 bits per heavy atom. The third-order valence-electron chi connectivity index (χ3n) is 4.62. The van der Waals surface area contributed by atoms with E-state index in [0.29, 0.717) is 21.8 Å². The van der Waals surface area contributed by atoms with Gasteiger partial charge in [-0.2, -0.15) is 0 Å². The maximum Gasteiger partial charge on any atom is 0.341 e. The van der Waals surface area contributed by atoms with E-state index in [0.717, 1.165) is 37.7 Å². The number of hydrogen-bond acceptors (Lipinski definition) is 6. The molecule has 28 heavy (non-hydrogen) atoms. The number of ether oxygens (including phenoxy) is 2. The topological polar surface area (TPSA) is 76.7 Å². The Morgan fingerprint density at radius 3 is 2.46 bits per heavy atom. The monoisotopic (exact) mass is 418 g/mol. The minimum atomic E-state index is -0.455. The summed E-state index contributed by atoms with van der Waals surface area (Å²) < 4.78 is 9.82. The highest BCUT2D eigenvalue weighted by Gasteiger charge is 2.26. The van der Waals surface area contributed by atoms with Crippen LogP contribution in [0.15, 0.2) is 24.3 Å². The Bertz CT molecular complexity index is 908. The molecule has 0 saturated heterocycles. The number of thiophene rings is 1. The summed E-state index contributed by atoms with van der Waals surface area (Å²) in [5, 5.41) is 7.11. The van der Waals surface area contributed by atoms with E-state index >= 15 is 0 Å². The molecule has 3 rings (SSSR count). The van der Waals surface area contributed by atoms with Gasteiger partial charge in [-0.1, -0.05) is 18.6 Å². The molecule has 0 bridgehead atoms. The third kappa shape index (κ3) is 4.34. The normalized spacial score (nSPS) is 13.1. The van der Waals surface area contributed by atoms with Crippen LogP contribution in [0.5, 0.6) is 0 Å². The zero-order valence-electron chi connectivity index (χ0n) is 15.8. The standard InChI is InChI=1S/C20H22N2O4S2/c1-25-18(23)12-8-6-7-10-14(12)21-20(27)22-17-16(19(24)26-2)13-9-4-3-5-11-15(13)28-17/h6-8,10H,3-5,9,11H2,1-2H3,(H2,21,22,27). The van der Waals surface area contributed by atoms with Crippen LogP contribution in [-0.2, 0) is 22.3 Å². The molecule has 8 heteroatoms. The lowest BCUT2D eigenvalue weighted by molar-refractivity contribution is 0.0592. The Kier molecular flexibility index (Phi) is 6.64. The molecule has 0 aliphatic heterocycles. The van der Waals surface area contributed by atoms with Crippen LogP contribution in [0.3, 0.4) is 0 Å². The molecular weight excluding hydrogens is 396 g/mol. The van der Waals surface area contributed by atoms with Crippen molar-refractivity contribution in [2.24, 2.45) is 0 Å². The molecule has 0 fully saturated rings. The molecule has 0 atom stereocenters. The highest BCUT2D eigenvalue weighted by atomic mass is 32.1. The van der Waals surface area contributed by atoms with Gasteiger partial charge in [0.15, 0.2) is 5.11 Å². The molecule has 0 radical (unpaired) electrons. The molecule has 1 aromatic carbocycles. The van der Waals surface area contributed by atoms with Crippen molar-refractivity contribution in [3.05, 3.63) is 45.8 Å². The van der Waals surface area contributed by atoms with Gasteiger partial charge < -0.3 is 20.1 Å². The molecule has 1 aliphatic rings. The number of para-hydroxylation sites is 1. The molecule has 2 aromatic rings. The number of fused-ring (bicyclic) bond motifs is 1. The van der Waals surface area contributed by atoms with E-state index in [4.69, 9.17) is 21.7 Å². The van der Waals surface area contributed by atoms with Crippen LogP contribution in [0.25, 0.3) is 0 Å². The van der Waals surface area contributed by atoms with Crippen molar-refractivity contribution in [3.8, 4) is 0 Å². The lowest BCUT2D eigenvalue weighted by atomic mass is 10.1. The summed E-state index contributed by atoms with van der Waals surface area (Å²) in [6.07, 6.45) is 5.15. The first-order valence-electron chi connectivity index (χ1n) is 9.03. The molecular formula is C20H22N2O4S2. The van der Waals surface area contributed by atoms with Gasteiger partial charge in [-0.05, 0) is 55.6 Å². The van der Waals surface area contributed by atoms with Crippen LogP contribution in [0.4, 0.5) is 10.7 Å². The van der Waals surface area contributed by atoms with Gasteiger partial charge in [-0.3, -0.25) is 0 Å². The van der Waals surface area contributed by atoms with E-state index in [1.165, 1.54) is 19.1 Å². The minimum absolute atomic E-state index is 0.290. The quantitative estimate of drug-likeness (QED) is 0.433. The van der Waals surface area contributed by atoms with Crippen molar-refractivity contribution in [3.63, 3.8) is 0 Å². The summed E-state index contributed by atoms with van der Waals surface area (Å²) in [7, 11) is 2.72. The first-order valence-corrected chi connectivity index (χ1v) is 10.3. The van der Waals surface area contributed by atoms with E-state index < -0.39 is 5.97 Å². The summed E-state index contributed by atoms with van der Waals surface area (Å²) >= 11 is 6.97. The highest BCUT2D eigenvalue weighted by molar-refractivity contribution is 7.80. The molecule has 0 unspecified atom stereocenters. The van der Waals surface area contributed by atoms with Gasteiger partial charge in [-0.15, -0.1) is 11.3 Å². The van der Waals surface area contributed by atoms with Crippen LogP contribution in [0, 0.1) is 0 Å². The number of benzene rings is 1. The average molecular weight is 419 g/mol. The fourth-order valence-electron chi connectivity index (χ4n) is 3.29.